The van der Waals surface area contributed by atoms with Gasteiger partial charge in [0.05, 0.1) is 5.56 Å². The molecule has 2 amide bonds. The van der Waals surface area contributed by atoms with Gasteiger partial charge in [0, 0.05) is 31.2 Å². The number of nitrogens with zero attached hydrogens (tertiary/aromatic N) is 1. The van der Waals surface area contributed by atoms with Crippen molar-refractivity contribution in [2.75, 3.05) is 19.6 Å². The van der Waals surface area contributed by atoms with Crippen molar-refractivity contribution >= 4 is 21.8 Å². The summed E-state index contributed by atoms with van der Waals surface area (Å²) in [5.41, 5.74) is 0.760. The summed E-state index contributed by atoms with van der Waals surface area (Å²) < 4.78 is 32.4. The number of amides is 2. The number of furan rings is 1. The fourth-order valence-corrected chi connectivity index (χ4v) is 4.82. The van der Waals surface area contributed by atoms with Gasteiger partial charge in [-0.15, -0.1) is 0 Å². The van der Waals surface area contributed by atoms with Gasteiger partial charge in [0.1, 0.15) is 6.26 Å². The van der Waals surface area contributed by atoms with Gasteiger partial charge >= 0.3 is 0 Å². The Hall–Kier alpha value is -2.91. The van der Waals surface area contributed by atoms with Gasteiger partial charge in [-0.05, 0) is 37.8 Å². The Bertz CT molecular complexity index is 1040. The number of piperidine rings is 1. The molecule has 2 heterocycles. The fraction of sp³-hybridized carbons (Fsp3) is 0.364. The summed E-state index contributed by atoms with van der Waals surface area (Å²) in [5.74, 6) is -0.674. The van der Waals surface area contributed by atoms with Crippen molar-refractivity contribution in [1.82, 2.24) is 14.9 Å². The molecule has 1 saturated heterocycles. The highest BCUT2D eigenvalue weighted by atomic mass is 32.2. The first-order chi connectivity index (χ1) is 14.7. The van der Waals surface area contributed by atoms with Crippen molar-refractivity contribution in [2.24, 2.45) is 0 Å². The highest BCUT2D eigenvalue weighted by Gasteiger charge is 2.37. The molecule has 166 valence electrons. The van der Waals surface area contributed by atoms with E-state index in [1.54, 1.807) is 0 Å². The average Bonchev–Trinajstić information content (AvgIpc) is 3.26. The monoisotopic (exact) mass is 445 g/mol. The van der Waals surface area contributed by atoms with Crippen LogP contribution in [0.15, 0.2) is 64.8 Å². The highest BCUT2D eigenvalue weighted by Crippen LogP contribution is 2.27. The van der Waals surface area contributed by atoms with Gasteiger partial charge in [0.2, 0.25) is 11.0 Å². The summed E-state index contributed by atoms with van der Waals surface area (Å²) in [6, 6.07) is 11.0. The largest absolute Gasteiger partial charge is 0.451 e. The molecule has 0 atom stereocenters. The quantitative estimate of drug-likeness (QED) is 0.605. The van der Waals surface area contributed by atoms with Crippen molar-refractivity contribution < 1.29 is 22.4 Å². The van der Waals surface area contributed by atoms with Crippen molar-refractivity contribution in [3.8, 4) is 0 Å². The first kappa shape index (κ1) is 22.8. The highest BCUT2D eigenvalue weighted by molar-refractivity contribution is 7.89. The molecule has 8 nitrogen and oxygen atoms in total. The molecule has 1 aliphatic rings. The molecule has 1 aromatic carbocycles. The van der Waals surface area contributed by atoms with Crippen molar-refractivity contribution in [3.63, 3.8) is 0 Å². The molecule has 0 radical (unpaired) electrons. The average molecular weight is 446 g/mol. The molecule has 1 fully saturated rings. The topological polar surface area (TPSA) is 109 Å². The van der Waals surface area contributed by atoms with Crippen molar-refractivity contribution in [1.29, 1.82) is 0 Å². The Morgan fingerprint density at radius 1 is 1.23 bits per heavy atom. The maximum Gasteiger partial charge on any atom is 0.276 e. The summed E-state index contributed by atoms with van der Waals surface area (Å²) in [5, 5.41) is 5.36. The van der Waals surface area contributed by atoms with Crippen LogP contribution in [0, 0.1) is 0 Å². The van der Waals surface area contributed by atoms with Crippen molar-refractivity contribution in [2.45, 2.75) is 36.8 Å². The predicted molar refractivity (Wildman–Crippen MR) is 116 cm³/mol. The van der Waals surface area contributed by atoms with Crippen LogP contribution in [0.5, 0.6) is 0 Å². The van der Waals surface area contributed by atoms with Gasteiger partial charge in [-0.1, -0.05) is 36.9 Å². The second kappa shape index (κ2) is 9.49. The molecular weight excluding hydrogens is 418 g/mol. The molecule has 0 saturated carbocycles. The maximum absolute atomic E-state index is 12.9. The van der Waals surface area contributed by atoms with E-state index in [0.717, 1.165) is 11.8 Å². The number of benzene rings is 1. The van der Waals surface area contributed by atoms with E-state index >= 15 is 0 Å². The predicted octanol–water partition coefficient (Wildman–Crippen LogP) is 2.10. The van der Waals surface area contributed by atoms with Crippen LogP contribution in [0.2, 0.25) is 0 Å². The van der Waals surface area contributed by atoms with Crippen molar-refractivity contribution in [3.05, 3.63) is 66.4 Å². The number of sulfonamides is 1. The third kappa shape index (κ3) is 5.62. The SMILES string of the molecule is C=CC(=O)NC1(C)CCN(S(=O)(=O)c2cc(C(=O)NCCc3ccccc3)co2)CC1. The Kier molecular flexibility index (Phi) is 6.97. The van der Waals surface area contributed by atoms with E-state index < -0.39 is 15.6 Å². The summed E-state index contributed by atoms with van der Waals surface area (Å²) in [6.07, 6.45) is 3.94. The van der Waals surface area contributed by atoms with Gasteiger partial charge in [0.15, 0.2) is 0 Å². The number of hydrogen-bond donors (Lipinski definition) is 2. The lowest BCUT2D eigenvalue weighted by Gasteiger charge is -2.38. The second-order valence-electron chi connectivity index (χ2n) is 7.80. The lowest BCUT2D eigenvalue weighted by molar-refractivity contribution is -0.118. The molecule has 0 bridgehead atoms. The van der Waals surface area contributed by atoms with E-state index in [0.29, 0.717) is 25.8 Å². The summed E-state index contributed by atoms with van der Waals surface area (Å²) in [4.78, 5) is 23.9. The molecule has 31 heavy (non-hydrogen) atoms. The molecule has 9 heteroatoms. The van der Waals surface area contributed by atoms with E-state index in [2.05, 4.69) is 17.2 Å². The fourth-order valence-electron chi connectivity index (χ4n) is 3.46. The minimum absolute atomic E-state index is 0.159. The Balaban J connectivity index is 1.57. The lowest BCUT2D eigenvalue weighted by atomic mass is 9.90. The third-order valence-electron chi connectivity index (χ3n) is 5.41. The maximum atomic E-state index is 12.9. The molecule has 3 rings (SSSR count). The van der Waals surface area contributed by atoms with Crippen LogP contribution in [-0.4, -0.2) is 49.7 Å². The first-order valence-corrected chi connectivity index (χ1v) is 11.5. The zero-order chi connectivity index (χ0) is 22.5. The molecular formula is C22H27N3O5S. The summed E-state index contributed by atoms with van der Waals surface area (Å²) in [6.45, 7) is 6.21. The van der Waals surface area contributed by atoms with Crippen LogP contribution in [0.4, 0.5) is 0 Å². The minimum Gasteiger partial charge on any atom is -0.451 e. The van der Waals surface area contributed by atoms with Crippen LogP contribution < -0.4 is 10.6 Å². The Morgan fingerprint density at radius 2 is 1.90 bits per heavy atom. The summed E-state index contributed by atoms with van der Waals surface area (Å²) in [7, 11) is -3.87. The van der Waals surface area contributed by atoms with Crippen LogP contribution in [0.1, 0.15) is 35.7 Å². The van der Waals surface area contributed by atoms with Crippen LogP contribution >= 0.6 is 0 Å². The number of carbonyl (C=O) groups is 2. The number of nitrogens with one attached hydrogen (secondary N) is 2. The molecule has 1 aliphatic heterocycles. The molecule has 2 aromatic rings. The number of hydrogen-bond acceptors (Lipinski definition) is 5. The van der Waals surface area contributed by atoms with Crippen LogP contribution in [0.3, 0.4) is 0 Å². The molecule has 1 aromatic heterocycles. The normalized spacial score (nSPS) is 16.4. The zero-order valence-corrected chi connectivity index (χ0v) is 18.3. The van der Waals surface area contributed by atoms with Crippen LogP contribution in [-0.2, 0) is 21.2 Å². The second-order valence-corrected chi connectivity index (χ2v) is 9.67. The third-order valence-corrected chi connectivity index (χ3v) is 7.18. The number of rotatable bonds is 8. The summed E-state index contributed by atoms with van der Waals surface area (Å²) >= 11 is 0. The van der Waals surface area contributed by atoms with Gasteiger partial charge in [0.25, 0.3) is 15.9 Å². The number of carbonyl (C=O) groups excluding carboxylic acids is 2. The Labute approximate surface area is 182 Å². The lowest BCUT2D eigenvalue weighted by Crippen LogP contribution is -2.53. The molecule has 2 N–H and O–H groups in total. The van der Waals surface area contributed by atoms with E-state index in [1.165, 1.54) is 16.4 Å². The van der Waals surface area contributed by atoms with E-state index in [-0.39, 0.29) is 35.6 Å². The van der Waals surface area contributed by atoms with E-state index in [4.69, 9.17) is 4.42 Å². The van der Waals surface area contributed by atoms with Gasteiger partial charge in [-0.3, -0.25) is 9.59 Å². The molecule has 0 spiro atoms. The first-order valence-electron chi connectivity index (χ1n) is 10.1. The Morgan fingerprint density at radius 3 is 2.55 bits per heavy atom. The van der Waals surface area contributed by atoms with Gasteiger partial charge in [-0.25, -0.2) is 8.42 Å². The van der Waals surface area contributed by atoms with E-state index in [9.17, 15) is 18.0 Å². The molecule has 0 aliphatic carbocycles. The standard InChI is InChI=1S/C22H27N3O5S/c1-3-19(26)24-22(2)10-13-25(14-11-22)31(28,29)20-15-18(16-30-20)21(27)23-12-9-17-7-5-4-6-8-17/h3-8,15-16H,1,9-14H2,2H3,(H,23,27)(H,24,26). The minimum atomic E-state index is -3.87. The van der Waals surface area contributed by atoms with Gasteiger partial charge < -0.3 is 15.1 Å². The van der Waals surface area contributed by atoms with Crippen LogP contribution in [0.25, 0.3) is 0 Å². The molecule has 0 unspecified atom stereocenters. The van der Waals surface area contributed by atoms with E-state index in [1.807, 2.05) is 37.3 Å². The smallest absolute Gasteiger partial charge is 0.276 e. The van der Waals surface area contributed by atoms with Gasteiger partial charge in [-0.2, -0.15) is 4.31 Å². The zero-order valence-electron chi connectivity index (χ0n) is 17.5.